The molecule has 1 saturated carbocycles. The van der Waals surface area contributed by atoms with Crippen LogP contribution in [0.5, 0.6) is 0 Å². The van der Waals surface area contributed by atoms with E-state index >= 15 is 0 Å². The Bertz CT molecular complexity index is 427. The van der Waals surface area contributed by atoms with E-state index in [-0.39, 0.29) is 5.97 Å². The Morgan fingerprint density at radius 1 is 1.30 bits per heavy atom. The first kappa shape index (κ1) is 14.9. The second-order valence-electron chi connectivity index (χ2n) is 5.74. The summed E-state index contributed by atoms with van der Waals surface area (Å²) in [5.41, 5.74) is 7.97. The zero-order valence-electron chi connectivity index (χ0n) is 12.3. The fraction of sp³-hybridized carbons (Fsp3) is 0.588. The first-order chi connectivity index (χ1) is 9.69. The molecule has 0 aromatic heterocycles. The third-order valence-corrected chi connectivity index (χ3v) is 4.25. The van der Waals surface area contributed by atoms with Crippen molar-refractivity contribution in [1.82, 2.24) is 0 Å². The number of nitrogens with two attached hydrogens (primary N) is 1. The van der Waals surface area contributed by atoms with E-state index in [0.717, 1.165) is 24.4 Å². The van der Waals surface area contributed by atoms with E-state index in [1.54, 1.807) is 0 Å². The fourth-order valence-corrected chi connectivity index (χ4v) is 3.18. The second-order valence-corrected chi connectivity index (χ2v) is 5.74. The van der Waals surface area contributed by atoms with E-state index in [0.29, 0.717) is 18.9 Å². The highest BCUT2D eigenvalue weighted by atomic mass is 16.5. The molecule has 2 atom stereocenters. The molecule has 1 aliphatic rings. The largest absolute Gasteiger partial charge is 0.466 e. The Hall–Kier alpha value is -1.51. The van der Waals surface area contributed by atoms with Gasteiger partial charge in [0.05, 0.1) is 6.61 Å². The zero-order chi connectivity index (χ0) is 14.4. The summed E-state index contributed by atoms with van der Waals surface area (Å²) >= 11 is 0. The molecule has 1 aromatic rings. The Labute approximate surface area is 121 Å². The molecule has 0 radical (unpaired) electrons. The number of anilines is 1. The molecule has 3 heteroatoms. The number of carbonyl (C=O) groups is 1. The Morgan fingerprint density at radius 3 is 2.75 bits per heavy atom. The van der Waals surface area contributed by atoms with Gasteiger partial charge in [-0.25, -0.2) is 0 Å². The quantitative estimate of drug-likeness (QED) is 0.633. The molecule has 0 amide bonds. The van der Waals surface area contributed by atoms with Crippen LogP contribution >= 0.6 is 0 Å². The molecular weight excluding hydrogens is 250 g/mol. The van der Waals surface area contributed by atoms with Gasteiger partial charge in [-0.1, -0.05) is 12.1 Å². The van der Waals surface area contributed by atoms with Crippen LogP contribution in [0.2, 0.25) is 0 Å². The normalized spacial score (nSPS) is 21.9. The van der Waals surface area contributed by atoms with Crippen molar-refractivity contribution in [1.29, 1.82) is 0 Å². The lowest BCUT2D eigenvalue weighted by atomic mass is 9.94. The van der Waals surface area contributed by atoms with Crippen molar-refractivity contribution in [2.24, 2.45) is 5.92 Å². The lowest BCUT2D eigenvalue weighted by Crippen LogP contribution is -2.04. The number of ether oxygens (including phenoxy) is 1. The van der Waals surface area contributed by atoms with Gasteiger partial charge < -0.3 is 10.5 Å². The molecule has 2 rings (SSSR count). The number of esters is 1. The van der Waals surface area contributed by atoms with E-state index in [1.807, 2.05) is 19.1 Å². The molecule has 3 nitrogen and oxygen atoms in total. The van der Waals surface area contributed by atoms with Crippen molar-refractivity contribution in [3.8, 4) is 0 Å². The molecule has 20 heavy (non-hydrogen) atoms. The summed E-state index contributed by atoms with van der Waals surface area (Å²) in [6.07, 6.45) is 6.44. The van der Waals surface area contributed by atoms with E-state index in [1.165, 1.54) is 24.8 Å². The standard InChI is InChI=1S/C17H25NO2/c1-2-20-17(19)5-3-4-13-6-7-15(12-13)14-8-10-16(18)11-9-14/h8-11,13,15H,2-7,12,18H2,1H3/t13?,15-/m1/s1. The van der Waals surface area contributed by atoms with E-state index in [4.69, 9.17) is 10.5 Å². The minimum atomic E-state index is -0.0550. The van der Waals surface area contributed by atoms with Gasteiger partial charge in [-0.3, -0.25) is 4.79 Å². The van der Waals surface area contributed by atoms with Crippen LogP contribution in [0, 0.1) is 5.92 Å². The summed E-state index contributed by atoms with van der Waals surface area (Å²) < 4.78 is 4.96. The predicted molar refractivity (Wildman–Crippen MR) is 81.4 cm³/mol. The maximum atomic E-state index is 11.3. The smallest absolute Gasteiger partial charge is 0.305 e. The summed E-state index contributed by atoms with van der Waals surface area (Å²) in [6, 6.07) is 8.29. The van der Waals surface area contributed by atoms with Crippen LogP contribution in [-0.2, 0) is 9.53 Å². The summed E-state index contributed by atoms with van der Waals surface area (Å²) in [7, 11) is 0. The van der Waals surface area contributed by atoms with Crippen molar-refractivity contribution >= 4 is 11.7 Å². The van der Waals surface area contributed by atoms with Crippen LogP contribution in [0.15, 0.2) is 24.3 Å². The van der Waals surface area contributed by atoms with Gasteiger partial charge in [-0.05, 0) is 68.6 Å². The molecule has 1 aromatic carbocycles. The first-order valence-electron chi connectivity index (χ1n) is 7.70. The van der Waals surface area contributed by atoms with Gasteiger partial charge >= 0.3 is 5.97 Å². The van der Waals surface area contributed by atoms with Crippen molar-refractivity contribution in [2.45, 2.75) is 51.4 Å². The van der Waals surface area contributed by atoms with Crippen molar-refractivity contribution in [3.63, 3.8) is 0 Å². The van der Waals surface area contributed by atoms with E-state index in [9.17, 15) is 4.79 Å². The van der Waals surface area contributed by atoms with Crippen LogP contribution in [0.25, 0.3) is 0 Å². The molecule has 1 unspecified atom stereocenters. The minimum absolute atomic E-state index is 0.0550. The number of rotatable bonds is 6. The average molecular weight is 275 g/mol. The van der Waals surface area contributed by atoms with Crippen molar-refractivity contribution < 1.29 is 9.53 Å². The molecular formula is C17H25NO2. The number of nitrogen functional groups attached to an aromatic ring is 1. The Morgan fingerprint density at radius 2 is 2.05 bits per heavy atom. The summed E-state index contributed by atoms with van der Waals surface area (Å²) in [6.45, 7) is 2.34. The third-order valence-electron chi connectivity index (χ3n) is 4.25. The predicted octanol–water partition coefficient (Wildman–Crippen LogP) is 3.89. The minimum Gasteiger partial charge on any atom is -0.466 e. The summed E-state index contributed by atoms with van der Waals surface area (Å²) in [4.78, 5) is 11.3. The molecule has 0 aliphatic heterocycles. The number of benzene rings is 1. The highest BCUT2D eigenvalue weighted by molar-refractivity contribution is 5.69. The van der Waals surface area contributed by atoms with Gasteiger partial charge in [0.25, 0.3) is 0 Å². The monoisotopic (exact) mass is 275 g/mol. The SMILES string of the molecule is CCOC(=O)CCCC1CC[C@@H](c2ccc(N)cc2)C1. The van der Waals surface area contributed by atoms with Crippen LogP contribution < -0.4 is 5.73 Å². The van der Waals surface area contributed by atoms with Gasteiger partial charge in [-0.2, -0.15) is 0 Å². The number of hydrogen-bond donors (Lipinski definition) is 1. The maximum Gasteiger partial charge on any atom is 0.305 e. The van der Waals surface area contributed by atoms with E-state index < -0.39 is 0 Å². The molecule has 1 aliphatic carbocycles. The molecule has 0 spiro atoms. The fourth-order valence-electron chi connectivity index (χ4n) is 3.18. The van der Waals surface area contributed by atoms with Gasteiger partial charge in [0.2, 0.25) is 0 Å². The molecule has 1 fully saturated rings. The van der Waals surface area contributed by atoms with Crippen molar-refractivity contribution in [2.75, 3.05) is 12.3 Å². The molecule has 0 bridgehead atoms. The lowest BCUT2D eigenvalue weighted by Gasteiger charge is -2.12. The van der Waals surface area contributed by atoms with Gasteiger partial charge in [0.1, 0.15) is 0 Å². The summed E-state index contributed by atoms with van der Waals surface area (Å²) in [5.74, 6) is 1.37. The van der Waals surface area contributed by atoms with Gasteiger partial charge in [-0.15, -0.1) is 0 Å². The van der Waals surface area contributed by atoms with Crippen LogP contribution in [0.1, 0.15) is 56.9 Å². The molecule has 110 valence electrons. The van der Waals surface area contributed by atoms with Gasteiger partial charge in [0.15, 0.2) is 0 Å². The summed E-state index contributed by atoms with van der Waals surface area (Å²) in [5, 5.41) is 0. The Balaban J connectivity index is 1.72. The topological polar surface area (TPSA) is 52.3 Å². The van der Waals surface area contributed by atoms with Crippen LogP contribution in [0.3, 0.4) is 0 Å². The number of hydrogen-bond acceptors (Lipinski definition) is 3. The number of carbonyl (C=O) groups excluding carboxylic acids is 1. The lowest BCUT2D eigenvalue weighted by molar-refractivity contribution is -0.143. The first-order valence-corrected chi connectivity index (χ1v) is 7.70. The highest BCUT2D eigenvalue weighted by Gasteiger charge is 2.25. The van der Waals surface area contributed by atoms with Gasteiger partial charge in [0, 0.05) is 12.1 Å². The van der Waals surface area contributed by atoms with E-state index in [2.05, 4.69) is 12.1 Å². The zero-order valence-corrected chi connectivity index (χ0v) is 12.3. The maximum absolute atomic E-state index is 11.3. The van der Waals surface area contributed by atoms with Crippen LogP contribution in [-0.4, -0.2) is 12.6 Å². The van der Waals surface area contributed by atoms with Crippen molar-refractivity contribution in [3.05, 3.63) is 29.8 Å². The Kier molecular flexibility index (Phi) is 5.45. The second kappa shape index (κ2) is 7.32. The highest BCUT2D eigenvalue weighted by Crippen LogP contribution is 2.40. The molecule has 0 heterocycles. The average Bonchev–Trinajstić information content (AvgIpc) is 2.89. The third kappa shape index (κ3) is 4.26. The molecule has 0 saturated heterocycles. The molecule has 2 N–H and O–H groups in total. The van der Waals surface area contributed by atoms with Crippen LogP contribution in [0.4, 0.5) is 5.69 Å².